The molecule has 3 N–H and O–H groups in total. The first-order valence-corrected chi connectivity index (χ1v) is 10.5. The number of nitrogen functional groups attached to an aromatic ring is 1. The number of aromatic nitrogens is 2. The molecule has 4 heterocycles. The Hall–Kier alpha value is -1.97. The van der Waals surface area contributed by atoms with Gasteiger partial charge >= 0.3 is 0 Å². The monoisotopic (exact) mass is 404 g/mol. The van der Waals surface area contributed by atoms with E-state index in [9.17, 15) is 9.90 Å². The highest BCUT2D eigenvalue weighted by Gasteiger charge is 2.41. The number of aliphatic hydroxyl groups is 1. The van der Waals surface area contributed by atoms with Gasteiger partial charge in [0.05, 0.1) is 11.7 Å². The molecule has 160 valence electrons. The van der Waals surface area contributed by atoms with Crippen LogP contribution in [0.3, 0.4) is 0 Å². The summed E-state index contributed by atoms with van der Waals surface area (Å²) in [6.07, 6.45) is 4.88. The molecule has 0 bridgehead atoms. The lowest BCUT2D eigenvalue weighted by molar-refractivity contribution is -0.169. The van der Waals surface area contributed by atoms with Crippen LogP contribution >= 0.6 is 0 Å². The molecular weight excluding hydrogens is 372 g/mol. The Morgan fingerprint density at radius 2 is 2.00 bits per heavy atom. The summed E-state index contributed by atoms with van der Waals surface area (Å²) in [5, 5.41) is 10.8. The first kappa shape index (κ1) is 20.3. The number of β-amino-alcohol motifs (C(OH)–C–C–N with tert-alkyl or cyclic N) is 1. The molecule has 9 heteroatoms. The number of carbonyl (C=O) groups excluding carboxylic acids is 1. The van der Waals surface area contributed by atoms with Gasteiger partial charge in [0.25, 0.3) is 0 Å². The summed E-state index contributed by atoms with van der Waals surface area (Å²) in [5.74, 6) is 1.71. The largest absolute Gasteiger partial charge is 0.392 e. The third-order valence-electron chi connectivity index (χ3n) is 6.75. The van der Waals surface area contributed by atoms with Crippen LogP contribution in [0.25, 0.3) is 0 Å². The number of morpholine rings is 1. The molecule has 0 radical (unpaired) electrons. The van der Waals surface area contributed by atoms with Crippen LogP contribution in [0.1, 0.15) is 25.7 Å². The smallest absolute Gasteiger partial charge is 0.248 e. The molecule has 9 nitrogen and oxygen atoms in total. The van der Waals surface area contributed by atoms with Gasteiger partial charge in [-0.15, -0.1) is 0 Å². The molecule has 1 aromatic heterocycles. The van der Waals surface area contributed by atoms with Crippen molar-refractivity contribution in [3.05, 3.63) is 12.4 Å². The van der Waals surface area contributed by atoms with Gasteiger partial charge in [-0.1, -0.05) is 0 Å². The van der Waals surface area contributed by atoms with Gasteiger partial charge in [-0.2, -0.15) is 0 Å². The predicted octanol–water partition coefficient (Wildman–Crippen LogP) is -0.0407. The number of nitrogens with zero attached hydrogens (tertiary/aromatic N) is 5. The summed E-state index contributed by atoms with van der Waals surface area (Å²) in [7, 11) is 1.85. The topological polar surface area (TPSA) is 108 Å². The van der Waals surface area contributed by atoms with E-state index in [0.717, 1.165) is 57.7 Å². The highest BCUT2D eigenvalue weighted by Crippen LogP contribution is 2.31. The van der Waals surface area contributed by atoms with Crippen LogP contribution in [0, 0.1) is 5.92 Å². The normalized spacial score (nSPS) is 24.8. The van der Waals surface area contributed by atoms with E-state index in [1.165, 1.54) is 6.33 Å². The number of aliphatic hydroxyl groups excluding tert-OH is 1. The van der Waals surface area contributed by atoms with Crippen molar-refractivity contribution in [2.45, 2.75) is 37.4 Å². The summed E-state index contributed by atoms with van der Waals surface area (Å²) >= 11 is 0. The number of carbonyl (C=O) groups is 1. The molecule has 29 heavy (non-hydrogen) atoms. The number of nitrogens with two attached hydrogens (primary N) is 1. The van der Waals surface area contributed by atoms with Gasteiger partial charge in [-0.05, 0) is 31.6 Å². The first-order chi connectivity index (χ1) is 13.9. The molecule has 1 aromatic rings. The molecule has 1 unspecified atom stereocenters. The van der Waals surface area contributed by atoms with E-state index in [0.29, 0.717) is 24.8 Å². The van der Waals surface area contributed by atoms with E-state index >= 15 is 0 Å². The Kier molecular flexibility index (Phi) is 5.89. The number of rotatable bonds is 4. The zero-order chi connectivity index (χ0) is 20.4. The van der Waals surface area contributed by atoms with E-state index in [1.807, 2.05) is 7.05 Å². The third kappa shape index (κ3) is 4.62. The van der Waals surface area contributed by atoms with Crippen molar-refractivity contribution in [3.63, 3.8) is 0 Å². The van der Waals surface area contributed by atoms with Crippen molar-refractivity contribution in [1.29, 1.82) is 0 Å². The Morgan fingerprint density at radius 1 is 1.28 bits per heavy atom. The van der Waals surface area contributed by atoms with Gasteiger partial charge in [0.1, 0.15) is 24.6 Å². The summed E-state index contributed by atoms with van der Waals surface area (Å²) < 4.78 is 5.92. The quantitative estimate of drug-likeness (QED) is 0.720. The predicted molar refractivity (Wildman–Crippen MR) is 109 cm³/mol. The SMILES string of the molecule is CN1CC2(CCN(CC(O)C3CCN(c4cc(N)ncn4)CC3)CC2)OCC1=O. The third-order valence-corrected chi connectivity index (χ3v) is 6.75. The highest BCUT2D eigenvalue weighted by atomic mass is 16.5. The number of likely N-dealkylation sites (N-methyl/N-ethyl adjacent to an activating group) is 1. The second-order valence-electron chi connectivity index (χ2n) is 8.71. The number of hydrogen-bond donors (Lipinski definition) is 2. The first-order valence-electron chi connectivity index (χ1n) is 10.5. The number of anilines is 2. The average Bonchev–Trinajstić information content (AvgIpc) is 2.73. The highest BCUT2D eigenvalue weighted by molar-refractivity contribution is 5.78. The Labute approximate surface area is 171 Å². The lowest BCUT2D eigenvalue weighted by atomic mass is 9.87. The minimum Gasteiger partial charge on any atom is -0.392 e. The molecule has 3 aliphatic rings. The lowest BCUT2D eigenvalue weighted by Gasteiger charge is -2.46. The van der Waals surface area contributed by atoms with Crippen LogP contribution in [0.15, 0.2) is 12.4 Å². The Bertz CT molecular complexity index is 716. The van der Waals surface area contributed by atoms with Crippen LogP contribution in [-0.4, -0.2) is 95.4 Å². The minimum absolute atomic E-state index is 0.0597. The van der Waals surface area contributed by atoms with Crippen LogP contribution in [0.2, 0.25) is 0 Å². The Balaban J connectivity index is 1.23. The lowest BCUT2D eigenvalue weighted by Crippen LogP contribution is -2.58. The second-order valence-corrected chi connectivity index (χ2v) is 8.71. The summed E-state index contributed by atoms with van der Waals surface area (Å²) in [5.41, 5.74) is 5.56. The van der Waals surface area contributed by atoms with Crippen molar-refractivity contribution >= 4 is 17.5 Å². The van der Waals surface area contributed by atoms with Gasteiger partial charge in [0.15, 0.2) is 0 Å². The van der Waals surface area contributed by atoms with Gasteiger partial charge in [0.2, 0.25) is 5.91 Å². The van der Waals surface area contributed by atoms with Crippen molar-refractivity contribution in [2.75, 3.05) is 63.6 Å². The molecule has 3 aliphatic heterocycles. The van der Waals surface area contributed by atoms with Gasteiger partial charge in [-0.3, -0.25) is 4.79 Å². The fourth-order valence-corrected chi connectivity index (χ4v) is 4.80. The van der Waals surface area contributed by atoms with Crippen molar-refractivity contribution < 1.29 is 14.6 Å². The molecule has 1 spiro atoms. The van der Waals surface area contributed by atoms with Gasteiger partial charge in [-0.25, -0.2) is 9.97 Å². The van der Waals surface area contributed by atoms with Crippen molar-refractivity contribution in [1.82, 2.24) is 19.8 Å². The summed E-state index contributed by atoms with van der Waals surface area (Å²) in [4.78, 5) is 26.3. The molecular formula is C20H32N6O3. The van der Waals surface area contributed by atoms with E-state index in [4.69, 9.17) is 10.5 Å². The van der Waals surface area contributed by atoms with Crippen LogP contribution in [0.5, 0.6) is 0 Å². The standard InChI is InChI=1S/C20H32N6O3/c1-24-13-20(29-12-19(24)28)4-8-25(9-5-20)11-16(27)15-2-6-26(7-3-15)18-10-17(21)22-14-23-18/h10,14-16,27H,2-9,11-13H2,1H3,(H2,21,22,23). The van der Waals surface area contributed by atoms with E-state index in [-0.39, 0.29) is 24.2 Å². The van der Waals surface area contributed by atoms with Gasteiger partial charge in [0, 0.05) is 52.4 Å². The minimum atomic E-state index is -0.321. The molecule has 4 rings (SSSR count). The molecule has 0 aromatic carbocycles. The summed E-state index contributed by atoms with van der Waals surface area (Å²) in [6.45, 7) is 5.11. The van der Waals surface area contributed by atoms with Crippen molar-refractivity contribution in [3.8, 4) is 0 Å². The number of likely N-dealkylation sites (tertiary alicyclic amines) is 1. The zero-order valence-corrected chi connectivity index (χ0v) is 17.2. The zero-order valence-electron chi connectivity index (χ0n) is 17.2. The molecule has 0 saturated carbocycles. The molecule has 0 aliphatic carbocycles. The van der Waals surface area contributed by atoms with E-state index in [1.54, 1.807) is 11.0 Å². The molecule has 3 saturated heterocycles. The van der Waals surface area contributed by atoms with E-state index < -0.39 is 0 Å². The molecule has 1 amide bonds. The van der Waals surface area contributed by atoms with Gasteiger partial charge < -0.3 is 30.3 Å². The second kappa shape index (κ2) is 8.41. The fourth-order valence-electron chi connectivity index (χ4n) is 4.80. The average molecular weight is 405 g/mol. The number of piperidine rings is 2. The van der Waals surface area contributed by atoms with Crippen molar-refractivity contribution in [2.24, 2.45) is 5.92 Å². The molecule has 3 fully saturated rings. The number of amides is 1. The summed E-state index contributed by atoms with van der Waals surface area (Å²) in [6, 6.07) is 1.80. The Morgan fingerprint density at radius 3 is 2.66 bits per heavy atom. The number of hydrogen-bond acceptors (Lipinski definition) is 8. The maximum absolute atomic E-state index is 11.7. The maximum Gasteiger partial charge on any atom is 0.248 e. The van der Waals surface area contributed by atoms with E-state index in [2.05, 4.69) is 19.8 Å². The fraction of sp³-hybridized carbons (Fsp3) is 0.750. The van der Waals surface area contributed by atoms with Crippen LogP contribution in [-0.2, 0) is 9.53 Å². The molecule has 1 atom stereocenters. The number of ether oxygens (including phenoxy) is 1. The van der Waals surface area contributed by atoms with Crippen LogP contribution < -0.4 is 10.6 Å². The maximum atomic E-state index is 11.7. The van der Waals surface area contributed by atoms with Crippen LogP contribution in [0.4, 0.5) is 11.6 Å².